The van der Waals surface area contributed by atoms with Crippen molar-refractivity contribution >= 4 is 23.1 Å². The fraction of sp³-hybridized carbons (Fsp3) is 0.273. The average molecular weight is 408 g/mol. The number of tetrazole rings is 1. The summed E-state index contributed by atoms with van der Waals surface area (Å²) in [5, 5.41) is 15.2. The summed E-state index contributed by atoms with van der Waals surface area (Å²) < 4.78 is 13.7. The molecule has 30 heavy (non-hydrogen) atoms. The van der Waals surface area contributed by atoms with Gasteiger partial charge >= 0.3 is 0 Å². The Hall–Kier alpha value is -3.55. The molecule has 0 unspecified atom stereocenters. The first kappa shape index (κ1) is 19.8. The minimum absolute atomic E-state index is 0. The molecule has 0 saturated heterocycles. The number of carbonyl (C=O) groups excluding carboxylic acids is 1. The molecule has 3 aromatic rings. The minimum atomic E-state index is -0.389. The predicted molar refractivity (Wildman–Crippen MR) is 116 cm³/mol. The zero-order valence-corrected chi connectivity index (χ0v) is 17.2. The molecule has 2 aromatic carbocycles. The van der Waals surface area contributed by atoms with E-state index >= 15 is 0 Å². The highest BCUT2D eigenvalue weighted by atomic mass is 19.1. The van der Waals surface area contributed by atoms with E-state index in [1.165, 1.54) is 28.1 Å². The SMILES string of the molecule is CC1=C(c2ccc(NC(=O)c3cccc(F)c3C)cc2)CN(c2nnn(C)n2)CC1.[HH]. The molecule has 2 heterocycles. The van der Waals surface area contributed by atoms with Crippen LogP contribution < -0.4 is 10.2 Å². The number of benzene rings is 2. The van der Waals surface area contributed by atoms with Gasteiger partial charge in [0.1, 0.15) is 5.82 Å². The maximum absolute atomic E-state index is 13.7. The molecule has 8 heteroatoms. The number of rotatable bonds is 4. The van der Waals surface area contributed by atoms with E-state index in [2.05, 4.69) is 32.6 Å². The molecule has 0 atom stereocenters. The number of amides is 1. The van der Waals surface area contributed by atoms with Gasteiger partial charge in [-0.25, -0.2) is 4.39 Å². The van der Waals surface area contributed by atoms with E-state index in [0.29, 0.717) is 29.3 Å². The van der Waals surface area contributed by atoms with Crippen molar-refractivity contribution in [2.45, 2.75) is 20.3 Å². The summed E-state index contributed by atoms with van der Waals surface area (Å²) in [7, 11) is 1.75. The van der Waals surface area contributed by atoms with Crippen molar-refractivity contribution in [3.05, 3.63) is 70.5 Å². The van der Waals surface area contributed by atoms with Gasteiger partial charge in [0.2, 0.25) is 0 Å². The summed E-state index contributed by atoms with van der Waals surface area (Å²) in [6.07, 6.45) is 0.922. The standard InChI is InChI=1S/C22H23FN6O.H2/c1-14-11-12-29(22-25-27-28(3)26-22)13-19(14)16-7-9-17(10-8-16)24-21(30)18-5-4-6-20(23)15(18)2;/h4-10H,11-13H2,1-3H3,(H,24,30);1H. The van der Waals surface area contributed by atoms with Crippen LogP contribution >= 0.6 is 0 Å². The molecule has 1 aromatic heterocycles. The highest BCUT2D eigenvalue weighted by Crippen LogP contribution is 2.29. The maximum atomic E-state index is 13.7. The second kappa shape index (κ2) is 8.06. The lowest BCUT2D eigenvalue weighted by Crippen LogP contribution is -2.31. The van der Waals surface area contributed by atoms with Gasteiger partial charge in [-0.15, -0.1) is 5.10 Å². The molecule has 1 aliphatic rings. The number of halogens is 1. The molecular formula is C22H25FN6O. The summed E-state index contributed by atoms with van der Waals surface area (Å²) in [5.41, 5.74) is 4.95. The number of nitrogens with one attached hydrogen (secondary N) is 1. The predicted octanol–water partition coefficient (Wildman–Crippen LogP) is 3.84. The second-order valence-electron chi connectivity index (χ2n) is 7.45. The van der Waals surface area contributed by atoms with Crippen molar-refractivity contribution < 1.29 is 10.6 Å². The Labute approximate surface area is 175 Å². The number of aromatic nitrogens is 4. The van der Waals surface area contributed by atoms with Crippen LogP contribution in [-0.4, -0.2) is 39.2 Å². The van der Waals surface area contributed by atoms with Crippen LogP contribution in [0.1, 0.15) is 36.3 Å². The van der Waals surface area contributed by atoms with Crippen LogP contribution in [0.5, 0.6) is 0 Å². The van der Waals surface area contributed by atoms with Gasteiger partial charge in [-0.1, -0.05) is 28.9 Å². The van der Waals surface area contributed by atoms with Crippen LogP contribution in [0, 0.1) is 12.7 Å². The summed E-state index contributed by atoms with van der Waals surface area (Å²) in [6.45, 7) is 5.29. The van der Waals surface area contributed by atoms with Crippen molar-refractivity contribution in [1.29, 1.82) is 0 Å². The summed E-state index contributed by atoms with van der Waals surface area (Å²) >= 11 is 0. The summed E-state index contributed by atoms with van der Waals surface area (Å²) in [4.78, 5) is 16.1. The topological polar surface area (TPSA) is 75.9 Å². The van der Waals surface area contributed by atoms with Gasteiger partial charge in [-0.2, -0.15) is 4.80 Å². The third kappa shape index (κ3) is 3.94. The first-order valence-corrected chi connectivity index (χ1v) is 9.77. The monoisotopic (exact) mass is 408 g/mol. The first-order valence-electron chi connectivity index (χ1n) is 9.77. The van der Waals surface area contributed by atoms with E-state index in [1.54, 1.807) is 20.0 Å². The van der Waals surface area contributed by atoms with Crippen LogP contribution in [0.3, 0.4) is 0 Å². The molecule has 0 bridgehead atoms. The molecule has 0 saturated carbocycles. The zero-order valence-electron chi connectivity index (χ0n) is 17.2. The van der Waals surface area contributed by atoms with E-state index in [9.17, 15) is 9.18 Å². The van der Waals surface area contributed by atoms with Gasteiger partial charge in [0, 0.05) is 25.8 Å². The van der Waals surface area contributed by atoms with Gasteiger partial charge in [0.15, 0.2) is 0 Å². The fourth-order valence-electron chi connectivity index (χ4n) is 3.57. The number of anilines is 2. The highest BCUT2D eigenvalue weighted by Gasteiger charge is 2.21. The van der Waals surface area contributed by atoms with E-state index < -0.39 is 0 Å². The van der Waals surface area contributed by atoms with Gasteiger partial charge in [0.05, 0.1) is 7.05 Å². The minimum Gasteiger partial charge on any atom is -0.334 e. The molecule has 0 fully saturated rings. The van der Waals surface area contributed by atoms with Gasteiger partial charge < -0.3 is 10.2 Å². The third-order valence-electron chi connectivity index (χ3n) is 5.41. The molecule has 0 spiro atoms. The average Bonchev–Trinajstić information content (AvgIpc) is 3.17. The van der Waals surface area contributed by atoms with E-state index in [-0.39, 0.29) is 13.2 Å². The van der Waals surface area contributed by atoms with Gasteiger partial charge in [0.25, 0.3) is 11.9 Å². The van der Waals surface area contributed by atoms with Crippen LogP contribution in [0.25, 0.3) is 5.57 Å². The van der Waals surface area contributed by atoms with Crippen LogP contribution in [-0.2, 0) is 7.05 Å². The highest BCUT2D eigenvalue weighted by molar-refractivity contribution is 6.05. The van der Waals surface area contributed by atoms with Crippen LogP contribution in [0.15, 0.2) is 48.0 Å². The van der Waals surface area contributed by atoms with Crippen molar-refractivity contribution in [2.24, 2.45) is 7.05 Å². The third-order valence-corrected chi connectivity index (χ3v) is 5.41. The zero-order chi connectivity index (χ0) is 21.3. The van der Waals surface area contributed by atoms with E-state index in [0.717, 1.165) is 18.5 Å². The molecule has 4 rings (SSSR count). The molecule has 156 valence electrons. The molecule has 1 amide bonds. The van der Waals surface area contributed by atoms with Crippen molar-refractivity contribution in [2.75, 3.05) is 23.3 Å². The van der Waals surface area contributed by atoms with Crippen molar-refractivity contribution in [3.8, 4) is 0 Å². The second-order valence-corrected chi connectivity index (χ2v) is 7.45. The van der Waals surface area contributed by atoms with Crippen molar-refractivity contribution in [3.63, 3.8) is 0 Å². The van der Waals surface area contributed by atoms with E-state index in [1.807, 2.05) is 24.3 Å². The number of carbonyl (C=O) groups is 1. The molecular weight excluding hydrogens is 383 g/mol. The Morgan fingerprint density at radius 1 is 1.17 bits per heavy atom. The number of aryl methyl sites for hydroxylation is 1. The molecule has 7 nitrogen and oxygen atoms in total. The normalized spacial score (nSPS) is 14.2. The number of hydrogen-bond acceptors (Lipinski definition) is 5. The lowest BCUT2D eigenvalue weighted by atomic mass is 9.95. The first-order chi connectivity index (χ1) is 14.4. The largest absolute Gasteiger partial charge is 0.334 e. The van der Waals surface area contributed by atoms with Crippen LogP contribution in [0.2, 0.25) is 0 Å². The molecule has 1 N–H and O–H groups in total. The molecule has 0 radical (unpaired) electrons. The number of nitrogens with zero attached hydrogens (tertiary/aromatic N) is 5. The smallest absolute Gasteiger partial charge is 0.266 e. The number of hydrogen-bond donors (Lipinski definition) is 1. The Bertz CT molecular complexity index is 1130. The quantitative estimate of drug-likeness (QED) is 0.710. The van der Waals surface area contributed by atoms with Gasteiger partial charge in [-0.3, -0.25) is 4.79 Å². The Kier molecular flexibility index (Phi) is 5.31. The van der Waals surface area contributed by atoms with Crippen molar-refractivity contribution in [1.82, 2.24) is 20.2 Å². The maximum Gasteiger partial charge on any atom is 0.266 e. The summed E-state index contributed by atoms with van der Waals surface area (Å²) in [6, 6.07) is 12.2. The Morgan fingerprint density at radius 2 is 1.93 bits per heavy atom. The summed E-state index contributed by atoms with van der Waals surface area (Å²) in [5.74, 6) is -0.0931. The lowest BCUT2D eigenvalue weighted by molar-refractivity contribution is 0.102. The van der Waals surface area contributed by atoms with Crippen LogP contribution in [0.4, 0.5) is 16.0 Å². The van der Waals surface area contributed by atoms with E-state index in [4.69, 9.17) is 0 Å². The Balaban J connectivity index is 0.00000272. The Morgan fingerprint density at radius 3 is 2.63 bits per heavy atom. The fourth-order valence-corrected chi connectivity index (χ4v) is 3.57. The molecule has 1 aliphatic heterocycles. The van der Waals surface area contributed by atoms with Gasteiger partial charge in [-0.05, 0) is 66.4 Å². The lowest BCUT2D eigenvalue weighted by Gasteiger charge is -2.29. The molecule has 0 aliphatic carbocycles.